The van der Waals surface area contributed by atoms with Crippen molar-refractivity contribution in [3.63, 3.8) is 0 Å². The summed E-state index contributed by atoms with van der Waals surface area (Å²) < 4.78 is 0. The van der Waals surface area contributed by atoms with Crippen LogP contribution in [-0.2, 0) is 0 Å². The Morgan fingerprint density at radius 2 is 1.37 bits per heavy atom. The Morgan fingerprint density at radius 1 is 0.737 bits per heavy atom. The summed E-state index contributed by atoms with van der Waals surface area (Å²) >= 11 is 0. The Bertz CT molecular complexity index is 252. The van der Waals surface area contributed by atoms with Gasteiger partial charge in [0.1, 0.15) is 0 Å². The number of hydrogen-bond acceptors (Lipinski definition) is 2. The highest BCUT2D eigenvalue weighted by Gasteiger charge is 2.34. The van der Waals surface area contributed by atoms with Crippen molar-refractivity contribution in [2.75, 3.05) is 19.6 Å². The van der Waals surface area contributed by atoms with Crippen LogP contribution < -0.4 is 5.32 Å². The molecule has 0 aromatic rings. The molecule has 0 spiro atoms. The van der Waals surface area contributed by atoms with Crippen molar-refractivity contribution in [3.05, 3.63) is 0 Å². The van der Waals surface area contributed by atoms with Crippen LogP contribution in [0.5, 0.6) is 0 Å². The summed E-state index contributed by atoms with van der Waals surface area (Å²) in [4.78, 5) is 2.94. The molecule has 0 bridgehead atoms. The van der Waals surface area contributed by atoms with Crippen molar-refractivity contribution in [1.82, 2.24) is 10.2 Å². The molecule has 110 valence electrons. The molecule has 1 atom stereocenters. The summed E-state index contributed by atoms with van der Waals surface area (Å²) in [6.45, 7) is 3.80. The van der Waals surface area contributed by atoms with E-state index in [2.05, 4.69) is 10.2 Å². The van der Waals surface area contributed by atoms with Gasteiger partial charge in [0.15, 0.2) is 0 Å². The summed E-state index contributed by atoms with van der Waals surface area (Å²) in [5, 5.41) is 3.68. The molecule has 3 fully saturated rings. The van der Waals surface area contributed by atoms with Crippen LogP contribution in [0.4, 0.5) is 0 Å². The molecular formula is C17H32N2. The van der Waals surface area contributed by atoms with Crippen LogP contribution in [0, 0.1) is 5.92 Å². The second kappa shape index (κ2) is 7.08. The molecule has 0 aromatic carbocycles. The van der Waals surface area contributed by atoms with E-state index < -0.39 is 0 Å². The molecule has 0 amide bonds. The van der Waals surface area contributed by atoms with Crippen molar-refractivity contribution in [2.45, 2.75) is 82.7 Å². The van der Waals surface area contributed by atoms with Gasteiger partial charge in [-0.2, -0.15) is 0 Å². The maximum Gasteiger partial charge on any atom is 0.0252 e. The van der Waals surface area contributed by atoms with Crippen LogP contribution in [0.1, 0.15) is 70.6 Å². The van der Waals surface area contributed by atoms with Crippen molar-refractivity contribution in [2.24, 2.45) is 5.92 Å². The van der Waals surface area contributed by atoms with E-state index in [1.807, 2.05) is 0 Å². The molecule has 19 heavy (non-hydrogen) atoms. The predicted octanol–water partition coefficient (Wildman–Crippen LogP) is 3.56. The molecule has 2 aliphatic carbocycles. The average Bonchev–Trinajstić information content (AvgIpc) is 2.77. The van der Waals surface area contributed by atoms with E-state index in [1.54, 1.807) is 0 Å². The van der Waals surface area contributed by atoms with Crippen molar-refractivity contribution in [3.8, 4) is 0 Å². The SMILES string of the molecule is C1CCC(C2CNCCN2C2CCCCCC2)CC1. The third-order valence-corrected chi connectivity index (χ3v) is 5.81. The van der Waals surface area contributed by atoms with E-state index in [9.17, 15) is 0 Å². The lowest BCUT2D eigenvalue weighted by Crippen LogP contribution is -2.58. The molecule has 1 saturated heterocycles. The number of rotatable bonds is 2. The summed E-state index contributed by atoms with van der Waals surface area (Å²) in [5.74, 6) is 0.991. The van der Waals surface area contributed by atoms with Crippen LogP contribution in [-0.4, -0.2) is 36.6 Å². The fraction of sp³-hybridized carbons (Fsp3) is 1.00. The first-order chi connectivity index (χ1) is 9.45. The second-order valence-electron chi connectivity index (χ2n) is 7.05. The lowest BCUT2D eigenvalue weighted by Gasteiger charge is -2.46. The van der Waals surface area contributed by atoms with Gasteiger partial charge in [-0.1, -0.05) is 44.9 Å². The minimum absolute atomic E-state index is 0.858. The van der Waals surface area contributed by atoms with E-state index in [4.69, 9.17) is 0 Å². The first kappa shape index (κ1) is 13.9. The lowest BCUT2D eigenvalue weighted by molar-refractivity contribution is 0.0470. The Hall–Kier alpha value is -0.0800. The van der Waals surface area contributed by atoms with Crippen molar-refractivity contribution < 1.29 is 0 Å². The maximum atomic E-state index is 3.68. The van der Waals surface area contributed by atoms with Gasteiger partial charge in [0.2, 0.25) is 0 Å². The Kier molecular flexibility index (Phi) is 5.17. The molecule has 3 aliphatic rings. The van der Waals surface area contributed by atoms with Crippen LogP contribution in [0.3, 0.4) is 0 Å². The zero-order valence-corrected chi connectivity index (χ0v) is 12.6. The van der Waals surface area contributed by atoms with Crippen molar-refractivity contribution in [1.29, 1.82) is 0 Å². The fourth-order valence-electron chi connectivity index (χ4n) is 4.74. The monoisotopic (exact) mass is 264 g/mol. The highest BCUT2D eigenvalue weighted by Crippen LogP contribution is 2.33. The number of nitrogens with one attached hydrogen (secondary N) is 1. The van der Waals surface area contributed by atoms with Gasteiger partial charge in [-0.25, -0.2) is 0 Å². The molecular weight excluding hydrogens is 232 g/mol. The molecule has 0 radical (unpaired) electrons. The van der Waals surface area contributed by atoms with Gasteiger partial charge in [-0.15, -0.1) is 0 Å². The first-order valence-electron chi connectivity index (χ1n) is 8.91. The molecule has 2 nitrogen and oxygen atoms in total. The topological polar surface area (TPSA) is 15.3 Å². The molecule has 0 aromatic heterocycles. The van der Waals surface area contributed by atoms with E-state index in [0.29, 0.717) is 0 Å². The summed E-state index contributed by atoms with van der Waals surface area (Å²) in [6.07, 6.45) is 16.3. The Labute approximate surface area is 119 Å². The molecule has 1 heterocycles. The number of hydrogen-bond donors (Lipinski definition) is 1. The summed E-state index contributed by atoms with van der Waals surface area (Å²) in [5.41, 5.74) is 0. The van der Waals surface area contributed by atoms with Crippen LogP contribution in [0.15, 0.2) is 0 Å². The lowest BCUT2D eigenvalue weighted by atomic mass is 9.81. The molecule has 1 aliphatic heterocycles. The van der Waals surface area contributed by atoms with Gasteiger partial charge in [0.25, 0.3) is 0 Å². The second-order valence-corrected chi connectivity index (χ2v) is 7.05. The number of piperazine rings is 1. The Morgan fingerprint density at radius 3 is 2.11 bits per heavy atom. The van der Waals surface area contributed by atoms with Gasteiger partial charge in [0.05, 0.1) is 0 Å². The average molecular weight is 264 g/mol. The van der Waals surface area contributed by atoms with E-state index >= 15 is 0 Å². The molecule has 1 N–H and O–H groups in total. The van der Waals surface area contributed by atoms with Crippen LogP contribution in [0.2, 0.25) is 0 Å². The molecule has 1 unspecified atom stereocenters. The number of nitrogens with zero attached hydrogens (tertiary/aromatic N) is 1. The zero-order valence-electron chi connectivity index (χ0n) is 12.6. The first-order valence-corrected chi connectivity index (χ1v) is 8.91. The van der Waals surface area contributed by atoms with Gasteiger partial charge in [-0.05, 0) is 31.6 Å². The quantitative estimate of drug-likeness (QED) is 0.767. The van der Waals surface area contributed by atoms with Gasteiger partial charge >= 0.3 is 0 Å². The third-order valence-electron chi connectivity index (χ3n) is 5.81. The Balaban J connectivity index is 1.65. The maximum absolute atomic E-state index is 3.68. The van der Waals surface area contributed by atoms with Gasteiger partial charge in [-0.3, -0.25) is 4.90 Å². The van der Waals surface area contributed by atoms with E-state index in [0.717, 1.165) is 18.0 Å². The minimum Gasteiger partial charge on any atom is -0.314 e. The minimum atomic E-state index is 0.858. The molecule has 3 rings (SSSR count). The van der Waals surface area contributed by atoms with Gasteiger partial charge in [0, 0.05) is 31.7 Å². The molecule has 2 saturated carbocycles. The molecule has 2 heteroatoms. The predicted molar refractivity (Wildman–Crippen MR) is 81.4 cm³/mol. The van der Waals surface area contributed by atoms with E-state index in [-0.39, 0.29) is 0 Å². The standard InChI is InChI=1S/C17H32N2/c1-2-7-11-16(10-6-1)19-13-12-18-14-17(19)15-8-4-3-5-9-15/h15-18H,1-14H2. The van der Waals surface area contributed by atoms with Crippen molar-refractivity contribution >= 4 is 0 Å². The summed E-state index contributed by atoms with van der Waals surface area (Å²) in [7, 11) is 0. The fourth-order valence-corrected chi connectivity index (χ4v) is 4.74. The van der Waals surface area contributed by atoms with E-state index in [1.165, 1.54) is 90.3 Å². The normalized spacial score (nSPS) is 33.2. The van der Waals surface area contributed by atoms with Gasteiger partial charge < -0.3 is 5.32 Å². The van der Waals surface area contributed by atoms with Crippen LogP contribution in [0.25, 0.3) is 0 Å². The van der Waals surface area contributed by atoms with Crippen LogP contribution >= 0.6 is 0 Å². The highest BCUT2D eigenvalue weighted by atomic mass is 15.2. The summed E-state index contributed by atoms with van der Waals surface area (Å²) in [6, 6.07) is 1.77. The largest absolute Gasteiger partial charge is 0.314 e. The highest BCUT2D eigenvalue weighted by molar-refractivity contribution is 4.90. The third kappa shape index (κ3) is 3.52. The smallest absolute Gasteiger partial charge is 0.0252 e. The zero-order chi connectivity index (χ0) is 12.9.